The first-order valence-electron chi connectivity index (χ1n) is 7.76. The molecule has 0 spiro atoms. The maximum Gasteiger partial charge on any atom is 0.231 e. The Labute approximate surface area is 131 Å². The van der Waals surface area contributed by atoms with Gasteiger partial charge in [-0.25, -0.2) is 0 Å². The minimum absolute atomic E-state index is 0.0414. The molecule has 0 aliphatic heterocycles. The summed E-state index contributed by atoms with van der Waals surface area (Å²) in [5.74, 6) is 0.887. The summed E-state index contributed by atoms with van der Waals surface area (Å²) in [5.41, 5.74) is -0.580. The van der Waals surface area contributed by atoms with Crippen molar-refractivity contribution in [3.05, 3.63) is 24.3 Å². The van der Waals surface area contributed by atoms with Gasteiger partial charge in [-0.15, -0.1) is 0 Å². The molecule has 0 aromatic heterocycles. The predicted octanol–water partition coefficient (Wildman–Crippen LogP) is 3.42. The molecule has 2 aliphatic rings. The van der Waals surface area contributed by atoms with Gasteiger partial charge in [0.1, 0.15) is 11.5 Å². The van der Waals surface area contributed by atoms with E-state index in [0.29, 0.717) is 17.9 Å². The maximum atomic E-state index is 13.0. The molecule has 1 aromatic carbocycles. The molecule has 1 N–H and O–H groups in total. The summed E-state index contributed by atoms with van der Waals surface area (Å²) >= 11 is 0. The average Bonchev–Trinajstić information content (AvgIpc) is 2.78. The fourth-order valence-corrected chi connectivity index (χ4v) is 4.31. The van der Waals surface area contributed by atoms with Gasteiger partial charge in [0.15, 0.2) is 0 Å². The SMILES string of the molecule is COc1cccc(NC(=O)[C@@]23CC[C@](C)(C(=O)C2)C3(C)C)c1. The molecular formula is C18H23NO3. The first-order chi connectivity index (χ1) is 10.3. The molecule has 4 nitrogen and oxygen atoms in total. The zero-order chi connectivity index (χ0) is 16.2. The third-order valence-electron chi connectivity index (χ3n) is 6.47. The van der Waals surface area contributed by atoms with Gasteiger partial charge in [0.2, 0.25) is 5.91 Å². The van der Waals surface area contributed by atoms with Gasteiger partial charge in [-0.05, 0) is 30.4 Å². The number of methoxy groups -OCH3 is 1. The van der Waals surface area contributed by atoms with Gasteiger partial charge in [0.05, 0.1) is 12.5 Å². The van der Waals surface area contributed by atoms with Gasteiger partial charge >= 0.3 is 0 Å². The van der Waals surface area contributed by atoms with E-state index in [2.05, 4.69) is 19.2 Å². The van der Waals surface area contributed by atoms with E-state index in [4.69, 9.17) is 4.74 Å². The second-order valence-electron chi connectivity index (χ2n) is 7.33. The third-order valence-corrected chi connectivity index (χ3v) is 6.47. The zero-order valence-electron chi connectivity index (χ0n) is 13.7. The molecule has 1 aromatic rings. The number of ether oxygens (including phenoxy) is 1. The van der Waals surface area contributed by atoms with Crippen molar-refractivity contribution in [1.29, 1.82) is 0 Å². The molecule has 2 bridgehead atoms. The summed E-state index contributed by atoms with van der Waals surface area (Å²) in [6, 6.07) is 7.32. The van der Waals surface area contributed by atoms with E-state index in [-0.39, 0.29) is 22.5 Å². The van der Waals surface area contributed by atoms with Crippen molar-refractivity contribution in [2.45, 2.75) is 40.0 Å². The molecule has 2 atom stereocenters. The number of carbonyl (C=O) groups excluding carboxylic acids is 2. The van der Waals surface area contributed by atoms with Crippen molar-refractivity contribution in [2.24, 2.45) is 16.2 Å². The number of hydrogen-bond acceptors (Lipinski definition) is 3. The smallest absolute Gasteiger partial charge is 0.231 e. The van der Waals surface area contributed by atoms with E-state index in [9.17, 15) is 9.59 Å². The first-order valence-corrected chi connectivity index (χ1v) is 7.76. The lowest BCUT2D eigenvalue weighted by atomic mass is 9.64. The molecular weight excluding hydrogens is 278 g/mol. The van der Waals surface area contributed by atoms with Crippen molar-refractivity contribution >= 4 is 17.4 Å². The number of carbonyl (C=O) groups is 2. The van der Waals surface area contributed by atoms with E-state index in [0.717, 1.165) is 12.8 Å². The van der Waals surface area contributed by atoms with E-state index >= 15 is 0 Å². The summed E-state index contributed by atoms with van der Waals surface area (Å²) in [6.45, 7) is 6.15. The second-order valence-corrected chi connectivity index (χ2v) is 7.33. The topological polar surface area (TPSA) is 55.4 Å². The number of amides is 1. The summed E-state index contributed by atoms with van der Waals surface area (Å²) in [4.78, 5) is 25.4. The normalized spacial score (nSPS) is 32.1. The highest BCUT2D eigenvalue weighted by atomic mass is 16.5. The van der Waals surface area contributed by atoms with Crippen molar-refractivity contribution in [1.82, 2.24) is 0 Å². The first kappa shape index (κ1) is 15.1. The Balaban J connectivity index is 1.91. The molecule has 4 heteroatoms. The number of nitrogens with one attached hydrogen (secondary N) is 1. The van der Waals surface area contributed by atoms with Crippen molar-refractivity contribution < 1.29 is 14.3 Å². The van der Waals surface area contributed by atoms with Crippen LogP contribution >= 0.6 is 0 Å². The summed E-state index contributed by atoms with van der Waals surface area (Å²) in [5, 5.41) is 3.00. The number of Topliss-reactive ketones (excluding diaryl/α,β-unsaturated/α-hetero) is 1. The third kappa shape index (κ3) is 1.70. The van der Waals surface area contributed by atoms with E-state index in [1.54, 1.807) is 13.2 Å². The minimum atomic E-state index is -0.595. The van der Waals surface area contributed by atoms with Crippen LogP contribution in [0.1, 0.15) is 40.0 Å². The molecule has 3 rings (SSSR count). The number of anilines is 1. The molecule has 2 fully saturated rings. The Bertz CT molecular complexity index is 651. The van der Waals surface area contributed by atoms with Gasteiger partial charge in [-0.3, -0.25) is 9.59 Å². The average molecular weight is 301 g/mol. The number of hydrogen-bond donors (Lipinski definition) is 1. The summed E-state index contributed by atoms with van der Waals surface area (Å²) in [6.07, 6.45) is 1.93. The van der Waals surface area contributed by atoms with E-state index in [1.807, 2.05) is 25.1 Å². The Morgan fingerprint density at radius 3 is 2.50 bits per heavy atom. The van der Waals surface area contributed by atoms with Crippen molar-refractivity contribution in [2.75, 3.05) is 12.4 Å². The summed E-state index contributed by atoms with van der Waals surface area (Å²) < 4.78 is 5.19. The largest absolute Gasteiger partial charge is 0.497 e. The molecule has 22 heavy (non-hydrogen) atoms. The van der Waals surface area contributed by atoms with Crippen LogP contribution in [0.3, 0.4) is 0 Å². The zero-order valence-corrected chi connectivity index (χ0v) is 13.7. The Morgan fingerprint density at radius 2 is 1.95 bits per heavy atom. The Morgan fingerprint density at radius 1 is 1.23 bits per heavy atom. The van der Waals surface area contributed by atoms with Crippen LogP contribution in [-0.2, 0) is 9.59 Å². The van der Waals surface area contributed by atoms with Gasteiger partial charge in [0.25, 0.3) is 0 Å². The van der Waals surface area contributed by atoms with Crippen LogP contribution in [-0.4, -0.2) is 18.8 Å². The quantitative estimate of drug-likeness (QED) is 0.930. The lowest BCUT2D eigenvalue weighted by molar-refractivity contribution is -0.131. The number of fused-ring (bicyclic) bond motifs is 2. The van der Waals surface area contributed by atoms with E-state index < -0.39 is 5.41 Å². The summed E-state index contributed by atoms with van der Waals surface area (Å²) in [7, 11) is 1.60. The number of ketones is 1. The fraction of sp³-hybridized carbons (Fsp3) is 0.556. The molecule has 1 amide bonds. The Kier molecular flexibility index (Phi) is 3.13. The molecule has 0 radical (unpaired) electrons. The highest BCUT2D eigenvalue weighted by Crippen LogP contribution is 2.70. The van der Waals surface area contributed by atoms with Gasteiger partial charge in [-0.1, -0.05) is 26.8 Å². The molecule has 2 saturated carbocycles. The van der Waals surface area contributed by atoms with Gasteiger partial charge in [0, 0.05) is 23.6 Å². The number of benzene rings is 1. The predicted molar refractivity (Wildman–Crippen MR) is 84.8 cm³/mol. The lowest BCUT2D eigenvalue weighted by Crippen LogP contribution is -2.43. The van der Waals surface area contributed by atoms with Crippen LogP contribution in [0.5, 0.6) is 5.75 Å². The second kappa shape index (κ2) is 4.58. The standard InChI is InChI=1S/C18H23NO3/c1-16(2)17(3)8-9-18(16,11-14(17)20)15(21)19-12-6-5-7-13(10-12)22-4/h5-7,10H,8-9,11H2,1-4H3,(H,19,21)/t17-,18-/m1/s1. The minimum Gasteiger partial charge on any atom is -0.497 e. The van der Waals surface area contributed by atoms with Gasteiger partial charge < -0.3 is 10.1 Å². The van der Waals surface area contributed by atoms with Crippen LogP contribution in [0, 0.1) is 16.2 Å². The molecule has 2 aliphatic carbocycles. The fourth-order valence-electron chi connectivity index (χ4n) is 4.31. The highest BCUT2D eigenvalue weighted by Gasteiger charge is 2.72. The molecule has 118 valence electrons. The van der Waals surface area contributed by atoms with Crippen LogP contribution in [0.2, 0.25) is 0 Å². The monoisotopic (exact) mass is 301 g/mol. The molecule has 0 saturated heterocycles. The Hall–Kier alpha value is -1.84. The van der Waals surface area contributed by atoms with Crippen LogP contribution in [0.4, 0.5) is 5.69 Å². The lowest BCUT2D eigenvalue weighted by Gasteiger charge is -2.38. The van der Waals surface area contributed by atoms with Gasteiger partial charge in [-0.2, -0.15) is 0 Å². The molecule has 0 unspecified atom stereocenters. The van der Waals surface area contributed by atoms with Crippen LogP contribution in [0.25, 0.3) is 0 Å². The van der Waals surface area contributed by atoms with Crippen molar-refractivity contribution in [3.8, 4) is 5.75 Å². The maximum absolute atomic E-state index is 13.0. The highest BCUT2D eigenvalue weighted by molar-refractivity contribution is 6.04. The van der Waals surface area contributed by atoms with Crippen LogP contribution < -0.4 is 10.1 Å². The van der Waals surface area contributed by atoms with E-state index in [1.165, 1.54) is 0 Å². The number of rotatable bonds is 3. The van der Waals surface area contributed by atoms with Crippen LogP contribution in [0.15, 0.2) is 24.3 Å². The van der Waals surface area contributed by atoms with Crippen molar-refractivity contribution in [3.63, 3.8) is 0 Å². The molecule has 0 heterocycles.